The van der Waals surface area contributed by atoms with Gasteiger partial charge in [-0.15, -0.1) is 26.3 Å². The molecule has 4 rings (SSSR count). The van der Waals surface area contributed by atoms with Gasteiger partial charge in [0, 0.05) is 5.56 Å². The van der Waals surface area contributed by atoms with Crippen LogP contribution in [0.5, 0.6) is 0 Å². The average Bonchev–Trinajstić information content (AvgIpc) is 3.18. The van der Waals surface area contributed by atoms with Gasteiger partial charge in [-0.3, -0.25) is 0 Å². The number of hydrogen-bond acceptors (Lipinski definition) is 6. The maximum absolute atomic E-state index is 6.16. The van der Waals surface area contributed by atoms with Gasteiger partial charge in [-0.1, -0.05) is 30.3 Å². The van der Waals surface area contributed by atoms with Crippen molar-refractivity contribution >= 4 is 27.2 Å². The molecule has 2 aromatic carbocycles. The third kappa shape index (κ3) is 1.95. The van der Waals surface area contributed by atoms with E-state index in [0.717, 1.165) is 15.8 Å². The number of anilines is 1. The highest BCUT2D eigenvalue weighted by molar-refractivity contribution is 7.16. The monoisotopic (exact) mass is 294 g/mol. The minimum atomic E-state index is 0.561. The SMILES string of the molecule is Nc1c(-n2nnc(-c3ccccc3)n2)ccc2scnc12. The molecule has 4 aromatic rings. The number of tetrazole rings is 1. The first-order chi connectivity index (χ1) is 10.3. The van der Waals surface area contributed by atoms with E-state index in [1.807, 2.05) is 42.5 Å². The summed E-state index contributed by atoms with van der Waals surface area (Å²) in [4.78, 5) is 5.71. The van der Waals surface area contributed by atoms with Crippen LogP contribution in [-0.2, 0) is 0 Å². The number of rotatable bonds is 2. The molecule has 0 fully saturated rings. The van der Waals surface area contributed by atoms with Crippen LogP contribution in [0.2, 0.25) is 0 Å². The van der Waals surface area contributed by atoms with Crippen molar-refractivity contribution in [2.24, 2.45) is 0 Å². The zero-order valence-electron chi connectivity index (χ0n) is 10.8. The normalized spacial score (nSPS) is 11.0. The van der Waals surface area contributed by atoms with Crippen molar-refractivity contribution < 1.29 is 0 Å². The Labute approximate surface area is 123 Å². The number of benzene rings is 2. The fraction of sp³-hybridized carbons (Fsp3) is 0. The lowest BCUT2D eigenvalue weighted by Crippen LogP contribution is -2.03. The van der Waals surface area contributed by atoms with Crippen LogP contribution in [-0.4, -0.2) is 25.2 Å². The quantitative estimate of drug-likeness (QED) is 0.574. The summed E-state index contributed by atoms with van der Waals surface area (Å²) in [6, 6.07) is 13.5. The third-order valence-electron chi connectivity index (χ3n) is 3.18. The van der Waals surface area contributed by atoms with E-state index in [1.165, 1.54) is 4.80 Å². The van der Waals surface area contributed by atoms with E-state index < -0.39 is 0 Å². The second kappa shape index (κ2) is 4.64. The molecule has 102 valence electrons. The number of hydrogen-bond donors (Lipinski definition) is 1. The Bertz CT molecular complexity index is 912. The molecule has 2 N–H and O–H groups in total. The summed E-state index contributed by atoms with van der Waals surface area (Å²) in [6.07, 6.45) is 0. The summed E-state index contributed by atoms with van der Waals surface area (Å²) in [5.41, 5.74) is 10.9. The largest absolute Gasteiger partial charge is 0.395 e. The zero-order chi connectivity index (χ0) is 14.2. The molecule has 0 aliphatic rings. The molecule has 0 aliphatic carbocycles. The van der Waals surface area contributed by atoms with Crippen molar-refractivity contribution in [1.29, 1.82) is 0 Å². The highest BCUT2D eigenvalue weighted by atomic mass is 32.1. The first-order valence-electron chi connectivity index (χ1n) is 6.30. The highest BCUT2D eigenvalue weighted by Gasteiger charge is 2.12. The Balaban J connectivity index is 1.83. The molecule has 7 heteroatoms. The van der Waals surface area contributed by atoms with Crippen molar-refractivity contribution in [3.63, 3.8) is 0 Å². The van der Waals surface area contributed by atoms with Crippen LogP contribution in [0.3, 0.4) is 0 Å². The maximum atomic E-state index is 6.16. The lowest BCUT2D eigenvalue weighted by atomic mass is 10.2. The number of aromatic nitrogens is 5. The summed E-state index contributed by atoms with van der Waals surface area (Å²) in [6.45, 7) is 0. The van der Waals surface area contributed by atoms with Crippen molar-refractivity contribution in [1.82, 2.24) is 25.2 Å². The minimum absolute atomic E-state index is 0.561. The number of nitrogen functional groups attached to an aromatic ring is 1. The van der Waals surface area contributed by atoms with Gasteiger partial charge in [0.05, 0.1) is 15.9 Å². The summed E-state index contributed by atoms with van der Waals surface area (Å²) in [7, 11) is 0. The molecule has 6 nitrogen and oxygen atoms in total. The van der Waals surface area contributed by atoms with E-state index in [1.54, 1.807) is 16.8 Å². The van der Waals surface area contributed by atoms with Gasteiger partial charge in [0.1, 0.15) is 11.2 Å². The molecule has 0 unspecified atom stereocenters. The summed E-state index contributed by atoms with van der Waals surface area (Å²) < 4.78 is 1.04. The number of fused-ring (bicyclic) bond motifs is 1. The van der Waals surface area contributed by atoms with Crippen LogP contribution in [0.25, 0.3) is 27.3 Å². The molecule has 0 atom stereocenters. The second-order valence-electron chi connectivity index (χ2n) is 4.47. The highest BCUT2D eigenvalue weighted by Crippen LogP contribution is 2.28. The van der Waals surface area contributed by atoms with Crippen molar-refractivity contribution in [3.8, 4) is 17.1 Å². The second-order valence-corrected chi connectivity index (χ2v) is 5.35. The maximum Gasteiger partial charge on any atom is 0.205 e. The zero-order valence-corrected chi connectivity index (χ0v) is 11.7. The van der Waals surface area contributed by atoms with E-state index in [-0.39, 0.29) is 0 Å². The molecule has 0 amide bonds. The molecule has 2 aromatic heterocycles. The van der Waals surface area contributed by atoms with Crippen molar-refractivity contribution in [3.05, 3.63) is 48.0 Å². The predicted octanol–water partition coefficient (Wildman–Crippen LogP) is 2.52. The van der Waals surface area contributed by atoms with Gasteiger partial charge >= 0.3 is 0 Å². The molecule has 0 bridgehead atoms. The van der Waals surface area contributed by atoms with E-state index in [2.05, 4.69) is 20.4 Å². The third-order valence-corrected chi connectivity index (χ3v) is 3.97. The van der Waals surface area contributed by atoms with Gasteiger partial charge in [-0.25, -0.2) is 4.98 Å². The van der Waals surface area contributed by atoms with E-state index in [0.29, 0.717) is 17.2 Å². The van der Waals surface area contributed by atoms with Crippen molar-refractivity contribution in [2.45, 2.75) is 0 Å². The topological polar surface area (TPSA) is 82.5 Å². The molecule has 21 heavy (non-hydrogen) atoms. The van der Waals surface area contributed by atoms with Gasteiger partial charge < -0.3 is 5.73 Å². The number of nitrogens with two attached hydrogens (primary N) is 1. The Hall–Kier alpha value is -2.80. The molecular formula is C14H10N6S. The molecule has 0 aliphatic heterocycles. The number of nitrogens with zero attached hydrogens (tertiary/aromatic N) is 5. The van der Waals surface area contributed by atoms with E-state index >= 15 is 0 Å². The van der Waals surface area contributed by atoms with Crippen LogP contribution in [0.1, 0.15) is 0 Å². The fourth-order valence-corrected chi connectivity index (χ4v) is 2.83. The van der Waals surface area contributed by atoms with Gasteiger partial charge in [-0.2, -0.15) is 0 Å². The Kier molecular flexibility index (Phi) is 2.65. The standard InChI is InChI=1S/C14H10N6S/c15-12-10(6-7-11-13(12)16-8-21-11)20-18-14(17-19-20)9-4-2-1-3-5-9/h1-8H,15H2. The van der Waals surface area contributed by atoms with Gasteiger partial charge in [0.2, 0.25) is 5.82 Å². The smallest absolute Gasteiger partial charge is 0.205 e. The minimum Gasteiger partial charge on any atom is -0.395 e. The lowest BCUT2D eigenvalue weighted by Gasteiger charge is -2.03. The van der Waals surface area contributed by atoms with Gasteiger partial charge in [-0.05, 0) is 17.3 Å². The predicted molar refractivity (Wildman–Crippen MR) is 82.2 cm³/mol. The van der Waals surface area contributed by atoms with Crippen LogP contribution in [0.15, 0.2) is 48.0 Å². The molecule has 0 spiro atoms. The molecule has 0 saturated heterocycles. The van der Waals surface area contributed by atoms with Crippen molar-refractivity contribution in [2.75, 3.05) is 5.73 Å². The van der Waals surface area contributed by atoms with Crippen LogP contribution in [0.4, 0.5) is 5.69 Å². The van der Waals surface area contributed by atoms with Crippen LogP contribution in [0, 0.1) is 0 Å². The number of thiazole rings is 1. The van der Waals surface area contributed by atoms with Gasteiger partial charge in [0.25, 0.3) is 0 Å². The average molecular weight is 294 g/mol. The first-order valence-corrected chi connectivity index (χ1v) is 7.18. The Morgan fingerprint density at radius 3 is 2.76 bits per heavy atom. The van der Waals surface area contributed by atoms with E-state index in [4.69, 9.17) is 5.73 Å². The lowest BCUT2D eigenvalue weighted by molar-refractivity contribution is 0.722. The summed E-state index contributed by atoms with van der Waals surface area (Å²) >= 11 is 1.55. The Morgan fingerprint density at radius 1 is 1.05 bits per heavy atom. The first kappa shape index (κ1) is 12.0. The van der Waals surface area contributed by atoms with Gasteiger partial charge in [0.15, 0.2) is 0 Å². The molecule has 0 radical (unpaired) electrons. The summed E-state index contributed by atoms with van der Waals surface area (Å²) in [5, 5.41) is 12.6. The molecule has 0 saturated carbocycles. The van der Waals surface area contributed by atoms with Crippen LogP contribution < -0.4 is 5.73 Å². The van der Waals surface area contributed by atoms with Crippen LogP contribution >= 0.6 is 11.3 Å². The molecular weight excluding hydrogens is 284 g/mol. The Morgan fingerprint density at radius 2 is 1.90 bits per heavy atom. The molecule has 2 heterocycles. The fourth-order valence-electron chi connectivity index (χ4n) is 2.14. The van der Waals surface area contributed by atoms with E-state index in [9.17, 15) is 0 Å². The summed E-state index contributed by atoms with van der Waals surface area (Å²) in [5.74, 6) is 0.563.